The summed E-state index contributed by atoms with van der Waals surface area (Å²) in [4.78, 5) is 11.4. The molecule has 0 saturated heterocycles. The summed E-state index contributed by atoms with van der Waals surface area (Å²) < 4.78 is 0. The quantitative estimate of drug-likeness (QED) is 0.905. The van der Waals surface area contributed by atoms with Crippen LogP contribution in [-0.2, 0) is 4.79 Å². The maximum Gasteiger partial charge on any atom is 0.246 e. The summed E-state index contributed by atoms with van der Waals surface area (Å²) in [5, 5.41) is 16.2. The number of aliphatic hydroxyl groups excluding tert-OH is 1. The maximum absolute atomic E-state index is 11.4. The number of amides is 1. The van der Waals surface area contributed by atoms with Gasteiger partial charge >= 0.3 is 0 Å². The second-order valence-corrected chi connectivity index (χ2v) is 4.98. The van der Waals surface area contributed by atoms with E-state index in [0.717, 1.165) is 11.1 Å². The van der Waals surface area contributed by atoms with Gasteiger partial charge in [0.05, 0.1) is 6.04 Å². The van der Waals surface area contributed by atoms with Gasteiger partial charge in [0.15, 0.2) is 0 Å². The van der Waals surface area contributed by atoms with Gasteiger partial charge in [0.1, 0.15) is 6.61 Å². The van der Waals surface area contributed by atoms with Crippen LogP contribution >= 0.6 is 22.9 Å². The number of hydrogen-bond acceptors (Lipinski definition) is 3. The van der Waals surface area contributed by atoms with E-state index in [1.54, 1.807) is 23.5 Å². The van der Waals surface area contributed by atoms with Crippen molar-refractivity contribution in [1.82, 2.24) is 5.32 Å². The van der Waals surface area contributed by atoms with E-state index in [2.05, 4.69) is 5.32 Å². The van der Waals surface area contributed by atoms with Gasteiger partial charge in [0, 0.05) is 5.02 Å². The number of hydrogen-bond donors (Lipinski definition) is 2. The predicted octanol–water partition coefficient (Wildman–Crippen LogP) is 2.60. The molecule has 3 nitrogen and oxygen atoms in total. The van der Waals surface area contributed by atoms with Gasteiger partial charge < -0.3 is 10.4 Å². The molecule has 1 amide bonds. The Hall–Kier alpha value is -1.36. The lowest BCUT2D eigenvalue weighted by molar-refractivity contribution is -0.124. The van der Waals surface area contributed by atoms with Crippen molar-refractivity contribution >= 4 is 28.8 Å². The topological polar surface area (TPSA) is 49.3 Å². The van der Waals surface area contributed by atoms with Crippen LogP contribution in [0, 0.1) is 0 Å². The van der Waals surface area contributed by atoms with Gasteiger partial charge in [-0.15, -0.1) is 0 Å². The monoisotopic (exact) mass is 281 g/mol. The van der Waals surface area contributed by atoms with Gasteiger partial charge in [-0.2, -0.15) is 11.3 Å². The van der Waals surface area contributed by atoms with Gasteiger partial charge in [-0.3, -0.25) is 4.79 Å². The van der Waals surface area contributed by atoms with Crippen LogP contribution in [0.2, 0.25) is 5.02 Å². The van der Waals surface area contributed by atoms with E-state index in [9.17, 15) is 4.79 Å². The molecule has 2 rings (SSSR count). The molecule has 0 aliphatic heterocycles. The second kappa shape index (κ2) is 6.00. The molecule has 1 heterocycles. The maximum atomic E-state index is 11.4. The molecule has 0 fully saturated rings. The number of halogens is 1. The fraction of sp³-hybridized carbons (Fsp3) is 0.154. The van der Waals surface area contributed by atoms with E-state index in [4.69, 9.17) is 16.7 Å². The molecule has 5 heteroatoms. The first kappa shape index (κ1) is 13.1. The van der Waals surface area contributed by atoms with Gasteiger partial charge in [-0.05, 0) is 40.1 Å². The average molecular weight is 282 g/mol. The van der Waals surface area contributed by atoms with Crippen molar-refractivity contribution in [3.8, 4) is 0 Å². The highest BCUT2D eigenvalue weighted by molar-refractivity contribution is 7.08. The highest BCUT2D eigenvalue weighted by Gasteiger charge is 2.16. The Morgan fingerprint density at radius 3 is 2.56 bits per heavy atom. The lowest BCUT2D eigenvalue weighted by Crippen LogP contribution is -2.31. The lowest BCUT2D eigenvalue weighted by atomic mass is 10.0. The average Bonchev–Trinajstić information content (AvgIpc) is 2.90. The highest BCUT2D eigenvalue weighted by atomic mass is 35.5. The van der Waals surface area contributed by atoms with Crippen molar-refractivity contribution < 1.29 is 9.90 Å². The third-order valence-electron chi connectivity index (χ3n) is 2.53. The Morgan fingerprint density at radius 1 is 1.28 bits per heavy atom. The van der Waals surface area contributed by atoms with Crippen molar-refractivity contribution in [3.05, 3.63) is 57.2 Å². The Labute approximate surface area is 114 Å². The third-order valence-corrected chi connectivity index (χ3v) is 3.48. The molecular weight excluding hydrogens is 270 g/mol. The summed E-state index contributed by atoms with van der Waals surface area (Å²) in [5.41, 5.74) is 1.92. The van der Waals surface area contributed by atoms with Gasteiger partial charge in [-0.1, -0.05) is 23.7 Å². The molecule has 1 unspecified atom stereocenters. The minimum atomic E-state index is -0.520. The van der Waals surface area contributed by atoms with Crippen molar-refractivity contribution in [2.45, 2.75) is 6.04 Å². The first-order chi connectivity index (χ1) is 8.70. The zero-order valence-corrected chi connectivity index (χ0v) is 11.0. The number of benzene rings is 1. The number of nitrogens with one attached hydrogen (secondary N) is 1. The largest absolute Gasteiger partial charge is 0.387 e. The molecule has 0 aliphatic rings. The molecule has 0 aliphatic carbocycles. The van der Waals surface area contributed by atoms with Crippen LogP contribution in [0.5, 0.6) is 0 Å². The minimum Gasteiger partial charge on any atom is -0.387 e. The standard InChI is InChI=1S/C13H12ClNO2S/c14-11-3-1-9(2-4-11)13(15-12(17)7-16)10-5-6-18-8-10/h1-6,8,13,16H,7H2,(H,15,17). The Morgan fingerprint density at radius 2 is 2.00 bits per heavy atom. The minimum absolute atomic E-state index is 0.256. The molecule has 1 atom stereocenters. The summed E-state index contributed by atoms with van der Waals surface area (Å²) in [6, 6.07) is 8.97. The van der Waals surface area contributed by atoms with Gasteiger partial charge in [0.2, 0.25) is 5.91 Å². The number of aliphatic hydroxyl groups is 1. The molecule has 2 aromatic rings. The first-order valence-electron chi connectivity index (χ1n) is 5.38. The second-order valence-electron chi connectivity index (χ2n) is 3.77. The third kappa shape index (κ3) is 3.10. The summed E-state index contributed by atoms with van der Waals surface area (Å²) in [5.74, 6) is -0.402. The Bertz CT molecular complexity index is 510. The van der Waals surface area contributed by atoms with Crippen molar-refractivity contribution in [1.29, 1.82) is 0 Å². The molecule has 0 bridgehead atoms. The van der Waals surface area contributed by atoms with Crippen LogP contribution in [0.4, 0.5) is 0 Å². The van der Waals surface area contributed by atoms with Crippen molar-refractivity contribution in [2.75, 3.05) is 6.61 Å². The summed E-state index contributed by atoms with van der Waals surface area (Å²) >= 11 is 7.41. The number of carbonyl (C=O) groups excluding carboxylic acids is 1. The molecule has 0 radical (unpaired) electrons. The van der Waals surface area contributed by atoms with Crippen LogP contribution in [0.1, 0.15) is 17.2 Å². The lowest BCUT2D eigenvalue weighted by Gasteiger charge is -2.18. The molecule has 2 N–H and O–H groups in total. The molecular formula is C13H12ClNO2S. The number of carbonyl (C=O) groups is 1. The smallest absolute Gasteiger partial charge is 0.246 e. The van der Waals surface area contributed by atoms with Crippen LogP contribution < -0.4 is 5.32 Å². The van der Waals surface area contributed by atoms with E-state index >= 15 is 0 Å². The van der Waals surface area contributed by atoms with E-state index in [1.807, 2.05) is 29.0 Å². The van der Waals surface area contributed by atoms with Crippen molar-refractivity contribution in [2.24, 2.45) is 0 Å². The van der Waals surface area contributed by atoms with E-state index in [1.165, 1.54) is 0 Å². The Balaban J connectivity index is 2.30. The number of thiophene rings is 1. The summed E-state index contributed by atoms with van der Waals surface area (Å²) in [6.07, 6.45) is 0. The normalized spacial score (nSPS) is 12.1. The summed E-state index contributed by atoms with van der Waals surface area (Å²) in [7, 11) is 0. The SMILES string of the molecule is O=C(CO)NC(c1ccc(Cl)cc1)c1ccsc1. The molecule has 1 aromatic carbocycles. The van der Waals surface area contributed by atoms with E-state index < -0.39 is 12.5 Å². The van der Waals surface area contributed by atoms with Crippen molar-refractivity contribution in [3.63, 3.8) is 0 Å². The first-order valence-corrected chi connectivity index (χ1v) is 6.70. The highest BCUT2D eigenvalue weighted by Crippen LogP contribution is 2.25. The summed E-state index contributed by atoms with van der Waals surface area (Å²) in [6.45, 7) is -0.520. The molecule has 94 valence electrons. The predicted molar refractivity (Wildman–Crippen MR) is 72.8 cm³/mol. The molecule has 18 heavy (non-hydrogen) atoms. The number of rotatable bonds is 4. The zero-order valence-electron chi connectivity index (χ0n) is 9.47. The molecule has 0 spiro atoms. The Kier molecular flexibility index (Phi) is 4.36. The van der Waals surface area contributed by atoms with E-state index in [-0.39, 0.29) is 6.04 Å². The van der Waals surface area contributed by atoms with Gasteiger partial charge in [-0.25, -0.2) is 0 Å². The fourth-order valence-corrected chi connectivity index (χ4v) is 2.47. The fourth-order valence-electron chi connectivity index (χ4n) is 1.66. The van der Waals surface area contributed by atoms with Crippen LogP contribution in [0.25, 0.3) is 0 Å². The van der Waals surface area contributed by atoms with Gasteiger partial charge in [0.25, 0.3) is 0 Å². The van der Waals surface area contributed by atoms with E-state index in [0.29, 0.717) is 5.02 Å². The zero-order chi connectivity index (χ0) is 13.0. The van der Waals surface area contributed by atoms with Crippen LogP contribution in [0.3, 0.4) is 0 Å². The van der Waals surface area contributed by atoms with Crippen LogP contribution in [0.15, 0.2) is 41.1 Å². The molecule has 0 saturated carbocycles. The molecule has 1 aromatic heterocycles. The van der Waals surface area contributed by atoms with Crippen LogP contribution in [-0.4, -0.2) is 17.6 Å².